The van der Waals surface area contributed by atoms with Gasteiger partial charge in [0, 0.05) is 26.2 Å². The molecular formula is C15H22N2O3. The number of amides is 1. The van der Waals surface area contributed by atoms with Gasteiger partial charge < -0.3 is 14.9 Å². The first-order chi connectivity index (χ1) is 9.61. The Labute approximate surface area is 119 Å². The summed E-state index contributed by atoms with van der Waals surface area (Å²) >= 11 is 0. The highest BCUT2D eigenvalue weighted by Crippen LogP contribution is 2.48. The highest BCUT2D eigenvalue weighted by molar-refractivity contribution is 5.87. The zero-order valence-electron chi connectivity index (χ0n) is 11.9. The largest absolute Gasteiger partial charge is 0.481 e. The molecule has 20 heavy (non-hydrogen) atoms. The Kier molecular flexibility index (Phi) is 3.54. The van der Waals surface area contributed by atoms with E-state index in [4.69, 9.17) is 0 Å². The monoisotopic (exact) mass is 278 g/mol. The van der Waals surface area contributed by atoms with E-state index >= 15 is 0 Å². The summed E-state index contributed by atoms with van der Waals surface area (Å²) < 4.78 is 0. The molecule has 0 radical (unpaired) electrons. The predicted molar refractivity (Wildman–Crippen MR) is 74.0 cm³/mol. The molecular weight excluding hydrogens is 256 g/mol. The third-order valence-electron chi connectivity index (χ3n) is 5.16. The van der Waals surface area contributed by atoms with Crippen molar-refractivity contribution >= 4 is 11.9 Å². The zero-order chi connectivity index (χ0) is 14.3. The molecule has 3 rings (SSSR count). The van der Waals surface area contributed by atoms with Crippen LogP contribution in [-0.2, 0) is 9.59 Å². The lowest BCUT2D eigenvalue weighted by Gasteiger charge is -2.37. The topological polar surface area (TPSA) is 60.9 Å². The fourth-order valence-corrected chi connectivity index (χ4v) is 3.99. The number of rotatable bonds is 3. The summed E-state index contributed by atoms with van der Waals surface area (Å²) in [6.07, 6.45) is 4.87. The first kappa shape index (κ1) is 13.6. The van der Waals surface area contributed by atoms with Gasteiger partial charge in [-0.05, 0) is 24.8 Å². The van der Waals surface area contributed by atoms with Gasteiger partial charge in [-0.25, -0.2) is 0 Å². The first-order valence-electron chi connectivity index (χ1n) is 7.54. The van der Waals surface area contributed by atoms with Crippen LogP contribution in [0.1, 0.15) is 13.3 Å². The molecule has 5 nitrogen and oxygen atoms in total. The summed E-state index contributed by atoms with van der Waals surface area (Å²) in [7, 11) is 0. The van der Waals surface area contributed by atoms with E-state index in [1.54, 1.807) is 0 Å². The van der Waals surface area contributed by atoms with Crippen molar-refractivity contribution in [1.29, 1.82) is 0 Å². The maximum Gasteiger partial charge on any atom is 0.307 e. The molecule has 1 saturated carbocycles. The smallest absolute Gasteiger partial charge is 0.307 e. The average molecular weight is 278 g/mol. The second-order valence-electron chi connectivity index (χ2n) is 6.10. The third kappa shape index (κ3) is 2.14. The van der Waals surface area contributed by atoms with Gasteiger partial charge in [0.2, 0.25) is 5.91 Å². The normalized spacial score (nSPS) is 36.5. The molecule has 4 atom stereocenters. The molecule has 3 aliphatic rings. The van der Waals surface area contributed by atoms with Gasteiger partial charge in [-0.15, -0.1) is 0 Å². The van der Waals surface area contributed by atoms with Gasteiger partial charge in [-0.3, -0.25) is 9.59 Å². The Balaban J connectivity index is 1.71. The maximum atomic E-state index is 12.7. The molecule has 2 bridgehead atoms. The van der Waals surface area contributed by atoms with Crippen LogP contribution in [0.15, 0.2) is 12.2 Å². The summed E-state index contributed by atoms with van der Waals surface area (Å²) in [5, 5.41) is 9.42. The SMILES string of the molecule is CCN1CCN(C(=O)[C@H]2C3C=CC(C3)[C@H]2C(=O)O)CC1. The van der Waals surface area contributed by atoms with Crippen LogP contribution in [0, 0.1) is 23.7 Å². The molecule has 2 unspecified atom stereocenters. The molecule has 110 valence electrons. The van der Waals surface area contributed by atoms with E-state index in [2.05, 4.69) is 17.9 Å². The van der Waals surface area contributed by atoms with Gasteiger partial charge in [0.15, 0.2) is 0 Å². The van der Waals surface area contributed by atoms with E-state index < -0.39 is 11.9 Å². The van der Waals surface area contributed by atoms with E-state index in [0.717, 1.165) is 39.1 Å². The highest BCUT2D eigenvalue weighted by Gasteiger charge is 2.52. The fourth-order valence-electron chi connectivity index (χ4n) is 3.99. The van der Waals surface area contributed by atoms with E-state index in [9.17, 15) is 14.7 Å². The lowest BCUT2D eigenvalue weighted by atomic mass is 9.82. The van der Waals surface area contributed by atoms with Crippen LogP contribution >= 0.6 is 0 Å². The van der Waals surface area contributed by atoms with Crippen molar-refractivity contribution in [1.82, 2.24) is 9.80 Å². The van der Waals surface area contributed by atoms with Crippen LogP contribution in [0.2, 0.25) is 0 Å². The van der Waals surface area contributed by atoms with Crippen LogP contribution in [0.5, 0.6) is 0 Å². The van der Waals surface area contributed by atoms with Gasteiger partial charge in [0.25, 0.3) is 0 Å². The fraction of sp³-hybridized carbons (Fsp3) is 0.733. The Morgan fingerprint density at radius 1 is 1.10 bits per heavy atom. The number of hydrogen-bond donors (Lipinski definition) is 1. The number of hydrogen-bond acceptors (Lipinski definition) is 3. The summed E-state index contributed by atoms with van der Waals surface area (Å²) in [6, 6.07) is 0. The predicted octanol–water partition coefficient (Wildman–Crippen LogP) is 0.673. The third-order valence-corrected chi connectivity index (χ3v) is 5.16. The number of fused-ring (bicyclic) bond motifs is 2. The molecule has 2 aliphatic carbocycles. The number of allylic oxidation sites excluding steroid dienone is 2. The van der Waals surface area contributed by atoms with E-state index in [1.165, 1.54) is 0 Å². The number of nitrogens with zero attached hydrogens (tertiary/aromatic N) is 2. The minimum absolute atomic E-state index is 0.0587. The summed E-state index contributed by atoms with van der Waals surface area (Å²) in [5.41, 5.74) is 0. The standard InChI is InChI=1S/C15H22N2O3/c1-2-16-5-7-17(8-6-16)14(18)12-10-3-4-11(9-10)13(12)15(19)20/h3-4,10-13H,2,5-9H2,1H3,(H,19,20)/t10?,11?,12-,13+/m0/s1. The first-order valence-corrected chi connectivity index (χ1v) is 7.54. The molecule has 1 heterocycles. The molecule has 0 aromatic carbocycles. The van der Waals surface area contributed by atoms with Crippen molar-refractivity contribution in [2.45, 2.75) is 13.3 Å². The summed E-state index contributed by atoms with van der Waals surface area (Å²) in [4.78, 5) is 28.4. The van der Waals surface area contributed by atoms with Crippen molar-refractivity contribution < 1.29 is 14.7 Å². The van der Waals surface area contributed by atoms with Crippen LogP contribution < -0.4 is 0 Å². The van der Waals surface area contributed by atoms with Crippen molar-refractivity contribution in [2.75, 3.05) is 32.7 Å². The number of carboxylic acid groups (broad SMARTS) is 1. The number of carbonyl (C=O) groups excluding carboxylic acids is 1. The molecule has 2 fully saturated rings. The minimum Gasteiger partial charge on any atom is -0.481 e. The molecule has 1 amide bonds. The number of piperazine rings is 1. The van der Waals surface area contributed by atoms with E-state index in [-0.39, 0.29) is 23.7 Å². The van der Waals surface area contributed by atoms with Gasteiger partial charge in [0.05, 0.1) is 11.8 Å². The van der Waals surface area contributed by atoms with Crippen LogP contribution in [0.4, 0.5) is 0 Å². The number of likely N-dealkylation sites (N-methyl/N-ethyl adjacent to an activating group) is 1. The highest BCUT2D eigenvalue weighted by atomic mass is 16.4. The van der Waals surface area contributed by atoms with Crippen LogP contribution in [0.3, 0.4) is 0 Å². The number of aliphatic carboxylic acids is 1. The Hall–Kier alpha value is -1.36. The molecule has 1 aliphatic heterocycles. The maximum absolute atomic E-state index is 12.7. The Morgan fingerprint density at radius 2 is 1.70 bits per heavy atom. The average Bonchev–Trinajstić information content (AvgIpc) is 3.07. The minimum atomic E-state index is -0.813. The number of carboxylic acids is 1. The molecule has 1 saturated heterocycles. The molecule has 1 N–H and O–H groups in total. The van der Waals surface area contributed by atoms with Crippen LogP contribution in [0.25, 0.3) is 0 Å². The van der Waals surface area contributed by atoms with Crippen LogP contribution in [-0.4, -0.2) is 59.5 Å². The molecule has 0 aromatic rings. The van der Waals surface area contributed by atoms with Gasteiger partial charge in [-0.1, -0.05) is 19.1 Å². The molecule has 0 spiro atoms. The number of carbonyl (C=O) groups is 2. The Morgan fingerprint density at radius 3 is 2.25 bits per heavy atom. The molecule has 0 aromatic heterocycles. The van der Waals surface area contributed by atoms with Gasteiger partial charge >= 0.3 is 5.97 Å². The second kappa shape index (κ2) is 5.20. The van der Waals surface area contributed by atoms with Crippen molar-refractivity contribution in [3.8, 4) is 0 Å². The lowest BCUT2D eigenvalue weighted by molar-refractivity contribution is -0.151. The van der Waals surface area contributed by atoms with Gasteiger partial charge in [0.1, 0.15) is 0 Å². The quantitative estimate of drug-likeness (QED) is 0.771. The zero-order valence-corrected chi connectivity index (χ0v) is 11.9. The lowest BCUT2D eigenvalue weighted by Crippen LogP contribution is -2.52. The van der Waals surface area contributed by atoms with Gasteiger partial charge in [-0.2, -0.15) is 0 Å². The summed E-state index contributed by atoms with van der Waals surface area (Å²) in [5.74, 6) is -1.41. The van der Waals surface area contributed by atoms with Crippen molar-refractivity contribution in [2.24, 2.45) is 23.7 Å². The van der Waals surface area contributed by atoms with E-state index in [1.807, 2.05) is 11.0 Å². The van der Waals surface area contributed by atoms with Crippen molar-refractivity contribution in [3.05, 3.63) is 12.2 Å². The van der Waals surface area contributed by atoms with Crippen molar-refractivity contribution in [3.63, 3.8) is 0 Å². The Bertz CT molecular complexity index is 440. The second-order valence-corrected chi connectivity index (χ2v) is 6.10. The van der Waals surface area contributed by atoms with E-state index in [0.29, 0.717) is 0 Å². The molecule has 5 heteroatoms. The summed E-state index contributed by atoms with van der Waals surface area (Å²) in [6.45, 7) is 6.40.